The molecule has 0 radical (unpaired) electrons. The minimum atomic E-state index is -0.661. The lowest BCUT2D eigenvalue weighted by Gasteiger charge is -2.35. The zero-order valence-electron chi connectivity index (χ0n) is 21.0. The molecule has 0 saturated carbocycles. The summed E-state index contributed by atoms with van der Waals surface area (Å²) in [5.74, 6) is -0.984. The number of primary amides is 1. The molecule has 3 heterocycles. The van der Waals surface area contributed by atoms with Gasteiger partial charge in [0, 0.05) is 35.8 Å². The van der Waals surface area contributed by atoms with Crippen molar-refractivity contribution in [3.05, 3.63) is 53.7 Å². The number of benzene rings is 1. The molecule has 11 heteroatoms. The van der Waals surface area contributed by atoms with Crippen molar-refractivity contribution in [3.8, 4) is 17.3 Å². The first-order valence-electron chi connectivity index (χ1n) is 12.0. The highest BCUT2D eigenvalue weighted by Gasteiger charge is 2.31. The Hall–Kier alpha value is -4.33. The number of hydrogen-bond acceptors (Lipinski definition) is 7. The highest BCUT2D eigenvalue weighted by atomic mass is 19.1. The highest BCUT2D eigenvalue weighted by molar-refractivity contribution is 5.95. The zero-order valence-corrected chi connectivity index (χ0v) is 21.0. The second-order valence-electron chi connectivity index (χ2n) is 10.1. The van der Waals surface area contributed by atoms with E-state index in [9.17, 15) is 14.0 Å². The average molecular weight is 505 g/mol. The van der Waals surface area contributed by atoms with Crippen molar-refractivity contribution in [1.29, 1.82) is 5.26 Å². The molecule has 4 rings (SSSR count). The minimum absolute atomic E-state index is 0.0241. The second kappa shape index (κ2) is 10.3. The SMILES string of the molecule is CC(C)(C)C(=O)N1CCC(n2cc(Nc3ncc(F)c(-c4ccc(C(N)=O)c(CC#N)c4)n3)cn2)CC1. The number of aromatic nitrogens is 4. The number of anilines is 2. The summed E-state index contributed by atoms with van der Waals surface area (Å²) < 4.78 is 16.5. The maximum Gasteiger partial charge on any atom is 0.249 e. The Morgan fingerprint density at radius 1 is 1.24 bits per heavy atom. The summed E-state index contributed by atoms with van der Waals surface area (Å²) in [4.78, 5) is 34.4. The van der Waals surface area contributed by atoms with Gasteiger partial charge >= 0.3 is 0 Å². The molecule has 3 aromatic rings. The molecular formula is C26H29FN8O2. The Bertz CT molecular complexity index is 1360. The van der Waals surface area contributed by atoms with Gasteiger partial charge in [-0.3, -0.25) is 14.3 Å². The molecule has 37 heavy (non-hydrogen) atoms. The van der Waals surface area contributed by atoms with Crippen molar-refractivity contribution in [2.45, 2.75) is 46.1 Å². The van der Waals surface area contributed by atoms with Gasteiger partial charge in [-0.2, -0.15) is 10.4 Å². The summed E-state index contributed by atoms with van der Waals surface area (Å²) in [5.41, 5.74) is 6.65. The number of nitrogens with zero attached hydrogens (tertiary/aromatic N) is 6. The fraction of sp³-hybridized carbons (Fsp3) is 0.385. The molecule has 0 aliphatic carbocycles. The summed E-state index contributed by atoms with van der Waals surface area (Å²) in [5, 5.41) is 16.6. The van der Waals surface area contributed by atoms with E-state index in [4.69, 9.17) is 11.0 Å². The maximum absolute atomic E-state index is 14.6. The van der Waals surface area contributed by atoms with Crippen LogP contribution >= 0.6 is 0 Å². The lowest BCUT2D eigenvalue weighted by Crippen LogP contribution is -2.44. The second-order valence-corrected chi connectivity index (χ2v) is 10.1. The predicted molar refractivity (Wildman–Crippen MR) is 135 cm³/mol. The number of hydrogen-bond donors (Lipinski definition) is 2. The predicted octanol–water partition coefficient (Wildman–Crippen LogP) is 3.60. The van der Waals surface area contributed by atoms with Gasteiger partial charge in [0.05, 0.1) is 36.6 Å². The topological polar surface area (TPSA) is 143 Å². The Balaban J connectivity index is 1.48. The lowest BCUT2D eigenvalue weighted by molar-refractivity contribution is -0.140. The number of carbonyl (C=O) groups is 2. The van der Waals surface area contributed by atoms with Gasteiger partial charge < -0.3 is 16.0 Å². The van der Waals surface area contributed by atoms with Gasteiger partial charge in [-0.25, -0.2) is 14.4 Å². The molecule has 0 atom stereocenters. The molecule has 2 amide bonds. The number of nitriles is 1. The number of rotatable bonds is 6. The maximum atomic E-state index is 14.6. The third-order valence-corrected chi connectivity index (χ3v) is 6.28. The van der Waals surface area contributed by atoms with Gasteiger partial charge in [-0.15, -0.1) is 0 Å². The molecule has 0 bridgehead atoms. The summed E-state index contributed by atoms with van der Waals surface area (Å²) in [6.45, 7) is 7.14. The molecule has 1 aliphatic rings. The quantitative estimate of drug-likeness (QED) is 0.522. The normalized spacial score (nSPS) is 14.3. The van der Waals surface area contributed by atoms with E-state index < -0.39 is 17.1 Å². The van der Waals surface area contributed by atoms with Crippen LogP contribution in [0.15, 0.2) is 36.8 Å². The first-order valence-corrected chi connectivity index (χ1v) is 12.0. The average Bonchev–Trinajstić information content (AvgIpc) is 3.33. The van der Waals surface area contributed by atoms with E-state index in [0.29, 0.717) is 29.9 Å². The Morgan fingerprint density at radius 2 is 1.97 bits per heavy atom. The van der Waals surface area contributed by atoms with E-state index in [1.165, 1.54) is 18.2 Å². The number of likely N-dealkylation sites (tertiary alicyclic amines) is 1. The fourth-order valence-corrected chi connectivity index (χ4v) is 4.38. The van der Waals surface area contributed by atoms with E-state index in [1.807, 2.05) is 42.6 Å². The smallest absolute Gasteiger partial charge is 0.249 e. The van der Waals surface area contributed by atoms with Crippen LogP contribution < -0.4 is 11.1 Å². The van der Waals surface area contributed by atoms with Crippen molar-refractivity contribution in [3.63, 3.8) is 0 Å². The van der Waals surface area contributed by atoms with Crippen LogP contribution in [0.1, 0.15) is 55.6 Å². The van der Waals surface area contributed by atoms with Crippen molar-refractivity contribution in [2.75, 3.05) is 18.4 Å². The van der Waals surface area contributed by atoms with Crippen LogP contribution in [-0.4, -0.2) is 49.6 Å². The molecule has 3 N–H and O–H groups in total. The number of piperidine rings is 1. The standard InChI is InChI=1S/C26H29FN8O2/c1-26(2,3)24(37)34-10-7-19(8-11-34)35-15-18(13-31-35)32-25-30-14-21(27)22(33-25)17-4-5-20(23(29)36)16(12-17)6-9-28/h4-5,12-15,19H,6-8,10-11H2,1-3H3,(H2,29,36)(H,30,32,33). The molecule has 1 saturated heterocycles. The van der Waals surface area contributed by atoms with E-state index in [2.05, 4.69) is 20.4 Å². The molecule has 1 aromatic carbocycles. The molecule has 10 nitrogen and oxygen atoms in total. The summed E-state index contributed by atoms with van der Waals surface area (Å²) in [7, 11) is 0. The highest BCUT2D eigenvalue weighted by Crippen LogP contribution is 2.28. The lowest BCUT2D eigenvalue weighted by atomic mass is 9.93. The molecule has 1 aliphatic heterocycles. The van der Waals surface area contributed by atoms with Gasteiger partial charge in [-0.1, -0.05) is 26.8 Å². The third-order valence-electron chi connectivity index (χ3n) is 6.28. The van der Waals surface area contributed by atoms with Crippen LogP contribution in [0.5, 0.6) is 0 Å². The van der Waals surface area contributed by atoms with Crippen LogP contribution in [0.2, 0.25) is 0 Å². The Morgan fingerprint density at radius 3 is 2.62 bits per heavy atom. The van der Waals surface area contributed by atoms with E-state index >= 15 is 0 Å². The summed E-state index contributed by atoms with van der Waals surface area (Å²) in [6.07, 6.45) is 6.09. The van der Waals surface area contributed by atoms with E-state index in [0.717, 1.165) is 19.0 Å². The fourth-order valence-electron chi connectivity index (χ4n) is 4.38. The number of nitrogens with two attached hydrogens (primary N) is 1. The zero-order chi connectivity index (χ0) is 26.7. The van der Waals surface area contributed by atoms with Crippen LogP contribution in [0.25, 0.3) is 11.3 Å². The Kier molecular flexibility index (Phi) is 7.20. The monoisotopic (exact) mass is 504 g/mol. The van der Waals surface area contributed by atoms with Gasteiger partial charge in [0.25, 0.3) is 0 Å². The number of amides is 2. The van der Waals surface area contributed by atoms with E-state index in [-0.39, 0.29) is 35.6 Å². The molecule has 0 spiro atoms. The number of nitrogens with one attached hydrogen (secondary N) is 1. The van der Waals surface area contributed by atoms with Crippen molar-refractivity contribution >= 4 is 23.5 Å². The van der Waals surface area contributed by atoms with Crippen molar-refractivity contribution < 1.29 is 14.0 Å². The molecular weight excluding hydrogens is 475 g/mol. The summed E-state index contributed by atoms with van der Waals surface area (Å²) in [6, 6.07) is 6.67. The van der Waals surface area contributed by atoms with E-state index in [1.54, 1.807) is 6.20 Å². The van der Waals surface area contributed by atoms with Gasteiger partial charge in [0.15, 0.2) is 5.82 Å². The third kappa shape index (κ3) is 5.74. The van der Waals surface area contributed by atoms with Gasteiger partial charge in [0.2, 0.25) is 17.8 Å². The van der Waals surface area contributed by atoms with Crippen molar-refractivity contribution in [1.82, 2.24) is 24.6 Å². The van der Waals surface area contributed by atoms with Crippen molar-refractivity contribution in [2.24, 2.45) is 11.1 Å². The first kappa shape index (κ1) is 25.8. The van der Waals surface area contributed by atoms with Crippen LogP contribution in [0.4, 0.5) is 16.0 Å². The molecule has 0 unspecified atom stereocenters. The van der Waals surface area contributed by atoms with Crippen LogP contribution in [0.3, 0.4) is 0 Å². The minimum Gasteiger partial charge on any atom is -0.366 e. The van der Waals surface area contributed by atoms with Gasteiger partial charge in [0.1, 0.15) is 5.69 Å². The molecule has 2 aromatic heterocycles. The van der Waals surface area contributed by atoms with Crippen LogP contribution in [0, 0.1) is 22.6 Å². The van der Waals surface area contributed by atoms with Crippen LogP contribution in [-0.2, 0) is 11.2 Å². The summed E-state index contributed by atoms with van der Waals surface area (Å²) >= 11 is 0. The van der Waals surface area contributed by atoms with Gasteiger partial charge in [-0.05, 0) is 30.5 Å². The number of halogens is 1. The molecule has 192 valence electrons. The largest absolute Gasteiger partial charge is 0.366 e. The Labute approximate surface area is 214 Å². The molecule has 1 fully saturated rings. The number of carbonyl (C=O) groups excluding carboxylic acids is 2. The first-order chi connectivity index (χ1) is 17.6.